The van der Waals surface area contributed by atoms with Crippen LogP contribution < -0.4 is 19.5 Å². The molecule has 36 heavy (non-hydrogen) atoms. The Hall–Kier alpha value is -3.72. The summed E-state index contributed by atoms with van der Waals surface area (Å²) in [5, 5.41) is 12.2. The summed E-state index contributed by atoms with van der Waals surface area (Å²) in [6.07, 6.45) is 3.56. The van der Waals surface area contributed by atoms with Gasteiger partial charge in [-0.05, 0) is 72.4 Å². The van der Waals surface area contributed by atoms with Gasteiger partial charge in [-0.2, -0.15) is 11.8 Å². The van der Waals surface area contributed by atoms with Crippen LogP contribution in [0.3, 0.4) is 0 Å². The van der Waals surface area contributed by atoms with Crippen LogP contribution in [-0.2, 0) is 4.79 Å². The molecule has 0 bridgehead atoms. The third-order valence-corrected chi connectivity index (χ3v) is 6.40. The number of aromatic nitrogens is 1. The first kappa shape index (κ1) is 25.4. The zero-order valence-electron chi connectivity index (χ0n) is 20.1. The first-order valence-electron chi connectivity index (χ1n) is 11.6. The Morgan fingerprint density at radius 3 is 2.81 bits per heavy atom. The molecule has 9 heteroatoms. The van der Waals surface area contributed by atoms with Gasteiger partial charge in [0.1, 0.15) is 25.0 Å². The molecule has 0 spiro atoms. The van der Waals surface area contributed by atoms with Gasteiger partial charge < -0.3 is 24.6 Å². The minimum absolute atomic E-state index is 0.239. The van der Waals surface area contributed by atoms with E-state index in [-0.39, 0.29) is 12.7 Å². The molecule has 1 aliphatic rings. The molecular weight excluding hydrogens is 480 g/mol. The molecule has 0 radical (unpaired) electrons. The van der Waals surface area contributed by atoms with Gasteiger partial charge >= 0.3 is 5.97 Å². The lowest BCUT2D eigenvalue weighted by molar-refractivity contribution is -0.139. The maximum Gasteiger partial charge on any atom is 0.326 e. The van der Waals surface area contributed by atoms with Crippen molar-refractivity contribution in [3.05, 3.63) is 71.9 Å². The van der Waals surface area contributed by atoms with Crippen molar-refractivity contribution in [2.24, 2.45) is 0 Å². The van der Waals surface area contributed by atoms with E-state index in [1.165, 1.54) is 11.8 Å². The van der Waals surface area contributed by atoms with Gasteiger partial charge in [0.2, 0.25) is 0 Å². The number of amides is 1. The lowest BCUT2D eigenvalue weighted by atomic mass is 9.95. The molecule has 1 aliphatic heterocycles. The highest BCUT2D eigenvalue weighted by Crippen LogP contribution is 2.32. The number of hydrogen-bond donors (Lipinski definition) is 2. The first-order chi connectivity index (χ1) is 17.5. The van der Waals surface area contributed by atoms with Crippen LogP contribution in [0.1, 0.15) is 22.3 Å². The molecule has 8 nitrogen and oxygen atoms in total. The van der Waals surface area contributed by atoms with E-state index in [1.807, 2.05) is 37.4 Å². The third-order valence-electron chi connectivity index (χ3n) is 5.76. The standard InChI is InChI=1S/C27H28N2O6S/c1-17-6-3-4-7-20(17)22-14-18(33-15-19-16-34-26-24(35-19)8-5-12-28-26)9-10-21(22)25(30)29-23(27(31)32)11-13-36-2/h3-10,12,14,19,23H,11,13,15-16H2,1-2H3,(H,29,30)(H,31,32)/t19-,23+/m1/s1. The first-order valence-corrected chi connectivity index (χ1v) is 13.0. The molecule has 0 saturated heterocycles. The molecule has 1 aromatic heterocycles. The molecule has 2 aromatic carbocycles. The quantitative estimate of drug-likeness (QED) is 0.419. The van der Waals surface area contributed by atoms with E-state index in [2.05, 4.69) is 10.3 Å². The monoisotopic (exact) mass is 508 g/mol. The average molecular weight is 509 g/mol. The zero-order chi connectivity index (χ0) is 25.5. The number of carboxylic acid groups (broad SMARTS) is 1. The van der Waals surface area contributed by atoms with E-state index in [4.69, 9.17) is 14.2 Å². The third kappa shape index (κ3) is 6.09. The van der Waals surface area contributed by atoms with E-state index < -0.39 is 17.9 Å². The summed E-state index contributed by atoms with van der Waals surface area (Å²) in [6.45, 7) is 2.51. The number of nitrogens with zero attached hydrogens (tertiary/aromatic N) is 1. The summed E-state index contributed by atoms with van der Waals surface area (Å²) in [7, 11) is 0. The number of fused-ring (bicyclic) bond motifs is 1. The van der Waals surface area contributed by atoms with E-state index >= 15 is 0 Å². The smallest absolute Gasteiger partial charge is 0.326 e. The Kier molecular flexibility index (Phi) is 8.32. The Bertz CT molecular complexity index is 1230. The number of pyridine rings is 1. The van der Waals surface area contributed by atoms with Crippen molar-refractivity contribution in [3.63, 3.8) is 0 Å². The maximum atomic E-state index is 13.2. The van der Waals surface area contributed by atoms with Crippen molar-refractivity contribution >= 4 is 23.6 Å². The highest BCUT2D eigenvalue weighted by molar-refractivity contribution is 7.98. The van der Waals surface area contributed by atoms with Gasteiger partial charge in [-0.3, -0.25) is 4.79 Å². The van der Waals surface area contributed by atoms with Crippen molar-refractivity contribution in [3.8, 4) is 28.5 Å². The minimum atomic E-state index is -1.05. The van der Waals surface area contributed by atoms with Crippen molar-refractivity contribution in [2.45, 2.75) is 25.5 Å². The number of ether oxygens (including phenoxy) is 3. The number of aliphatic carboxylic acids is 1. The van der Waals surface area contributed by atoms with Crippen LogP contribution in [0.2, 0.25) is 0 Å². The van der Waals surface area contributed by atoms with Crippen LogP contribution in [0.5, 0.6) is 17.4 Å². The van der Waals surface area contributed by atoms with E-state index in [1.54, 1.807) is 36.5 Å². The fourth-order valence-electron chi connectivity index (χ4n) is 3.87. The number of thioether (sulfide) groups is 1. The molecule has 3 aromatic rings. The molecule has 0 aliphatic carbocycles. The van der Waals surface area contributed by atoms with Gasteiger partial charge in [-0.1, -0.05) is 24.3 Å². The number of benzene rings is 2. The summed E-state index contributed by atoms with van der Waals surface area (Å²) in [4.78, 5) is 29.0. The van der Waals surface area contributed by atoms with Crippen molar-refractivity contribution < 1.29 is 28.9 Å². The van der Waals surface area contributed by atoms with Crippen LogP contribution in [0.15, 0.2) is 60.8 Å². The second kappa shape index (κ2) is 11.8. The van der Waals surface area contributed by atoms with Crippen LogP contribution in [-0.4, -0.2) is 59.3 Å². The van der Waals surface area contributed by atoms with Gasteiger partial charge in [-0.25, -0.2) is 9.78 Å². The zero-order valence-corrected chi connectivity index (χ0v) is 20.9. The number of rotatable bonds is 10. The van der Waals surface area contributed by atoms with Gasteiger partial charge in [0, 0.05) is 11.8 Å². The number of nitrogens with one attached hydrogen (secondary N) is 1. The fraction of sp³-hybridized carbons (Fsp3) is 0.296. The van der Waals surface area contributed by atoms with Gasteiger partial charge in [0.05, 0.1) is 0 Å². The number of hydrogen-bond acceptors (Lipinski definition) is 7. The van der Waals surface area contributed by atoms with E-state index in [0.717, 1.165) is 11.1 Å². The number of carboxylic acids is 1. The Morgan fingerprint density at radius 2 is 2.03 bits per heavy atom. The topological polar surface area (TPSA) is 107 Å². The second-order valence-corrected chi connectivity index (χ2v) is 9.32. The van der Waals surface area contributed by atoms with Crippen LogP contribution in [0.25, 0.3) is 11.1 Å². The van der Waals surface area contributed by atoms with Gasteiger partial charge in [0.15, 0.2) is 11.9 Å². The lowest BCUT2D eigenvalue weighted by Crippen LogP contribution is -2.41. The van der Waals surface area contributed by atoms with Crippen molar-refractivity contribution in [2.75, 3.05) is 25.2 Å². The molecule has 1 amide bonds. The Balaban J connectivity index is 1.55. The second-order valence-electron chi connectivity index (χ2n) is 8.34. The molecule has 2 heterocycles. The number of carbonyl (C=O) groups is 2. The summed E-state index contributed by atoms with van der Waals surface area (Å²) in [6, 6.07) is 15.5. The van der Waals surface area contributed by atoms with E-state index in [0.29, 0.717) is 47.3 Å². The van der Waals surface area contributed by atoms with E-state index in [9.17, 15) is 14.7 Å². The molecule has 4 rings (SSSR count). The summed E-state index contributed by atoms with van der Waals surface area (Å²) >= 11 is 1.53. The molecule has 2 atom stereocenters. The van der Waals surface area contributed by atoms with Crippen LogP contribution >= 0.6 is 11.8 Å². The largest absolute Gasteiger partial charge is 0.490 e. The normalized spacial score (nSPS) is 15.1. The predicted molar refractivity (Wildman–Crippen MR) is 138 cm³/mol. The highest BCUT2D eigenvalue weighted by Gasteiger charge is 2.24. The van der Waals surface area contributed by atoms with Gasteiger partial charge in [0.25, 0.3) is 11.8 Å². The lowest BCUT2D eigenvalue weighted by Gasteiger charge is -2.25. The number of carbonyl (C=O) groups excluding carboxylic acids is 1. The molecule has 188 valence electrons. The average Bonchev–Trinajstić information content (AvgIpc) is 2.89. The Morgan fingerprint density at radius 1 is 1.19 bits per heavy atom. The Labute approximate surface area is 214 Å². The highest BCUT2D eigenvalue weighted by atomic mass is 32.2. The number of aryl methyl sites for hydroxylation is 1. The van der Waals surface area contributed by atoms with Crippen molar-refractivity contribution in [1.29, 1.82) is 0 Å². The molecule has 0 unspecified atom stereocenters. The van der Waals surface area contributed by atoms with Crippen LogP contribution in [0.4, 0.5) is 0 Å². The summed E-state index contributed by atoms with van der Waals surface area (Å²) < 4.78 is 17.6. The molecular formula is C27H28N2O6S. The molecule has 0 fully saturated rings. The fourth-order valence-corrected chi connectivity index (χ4v) is 4.34. The van der Waals surface area contributed by atoms with Crippen LogP contribution in [0, 0.1) is 6.92 Å². The summed E-state index contributed by atoms with van der Waals surface area (Å²) in [5.74, 6) is 0.718. The predicted octanol–water partition coefficient (Wildman–Crippen LogP) is 4.21. The van der Waals surface area contributed by atoms with Gasteiger partial charge in [-0.15, -0.1) is 0 Å². The minimum Gasteiger partial charge on any atom is -0.490 e. The molecule has 2 N–H and O–H groups in total. The van der Waals surface area contributed by atoms with Crippen molar-refractivity contribution in [1.82, 2.24) is 10.3 Å². The molecule has 0 saturated carbocycles. The maximum absolute atomic E-state index is 13.2. The summed E-state index contributed by atoms with van der Waals surface area (Å²) in [5.41, 5.74) is 2.88. The SMILES string of the molecule is CSCC[C@H](NC(=O)c1ccc(OC[C@@H]2COc3ncccc3O2)cc1-c1ccccc1C)C(=O)O.